The lowest BCUT2D eigenvalue weighted by Crippen LogP contribution is -2.48. The Morgan fingerprint density at radius 1 is 0.886 bits per heavy atom. The zero-order chi connectivity index (χ0) is 23.3. The fourth-order valence-corrected chi connectivity index (χ4v) is 4.50. The van der Waals surface area contributed by atoms with Crippen LogP contribution in [-0.2, 0) is 6.54 Å². The van der Waals surface area contributed by atoms with Gasteiger partial charge in [-0.3, -0.25) is 4.90 Å². The first-order valence-electron chi connectivity index (χ1n) is 11.4. The zero-order valence-corrected chi connectivity index (χ0v) is 20.3. The van der Waals surface area contributed by atoms with Crippen LogP contribution in [0, 0.1) is 5.82 Å². The molecule has 1 aliphatic heterocycles. The maximum absolute atomic E-state index is 15.0. The van der Waals surface area contributed by atoms with Crippen LogP contribution in [0.15, 0.2) is 78.9 Å². The summed E-state index contributed by atoms with van der Waals surface area (Å²) in [5.41, 5.74) is 2.82. The van der Waals surface area contributed by atoms with Gasteiger partial charge < -0.3 is 9.64 Å². The van der Waals surface area contributed by atoms with Crippen molar-refractivity contribution in [3.63, 3.8) is 0 Å². The number of nitrogens with zero attached hydrogens (tertiary/aromatic N) is 6. The SMILES string of the molecule is COc1ccc(Cn2nnnc2C(c2ccccc2F)N2CCN(c3ccccc3)CC2)cc1.Cl. The molecule has 5 rings (SSSR count). The molecule has 1 unspecified atom stereocenters. The molecule has 2 heterocycles. The summed E-state index contributed by atoms with van der Waals surface area (Å²) in [5, 5.41) is 12.6. The van der Waals surface area contributed by atoms with Crippen LogP contribution in [0.4, 0.5) is 10.1 Å². The number of methoxy groups -OCH3 is 1. The largest absolute Gasteiger partial charge is 0.497 e. The molecule has 0 radical (unpaired) electrons. The average molecular weight is 495 g/mol. The molecule has 0 N–H and O–H groups in total. The minimum absolute atomic E-state index is 0. The molecule has 1 aliphatic rings. The summed E-state index contributed by atoms with van der Waals surface area (Å²) in [6, 6.07) is 24.7. The summed E-state index contributed by atoms with van der Waals surface area (Å²) < 4.78 is 22.1. The smallest absolute Gasteiger partial charge is 0.173 e. The normalized spacial score (nSPS) is 14.9. The maximum Gasteiger partial charge on any atom is 0.173 e. The molecule has 1 fully saturated rings. The molecule has 1 atom stereocenters. The van der Waals surface area contributed by atoms with Crippen molar-refractivity contribution in [3.8, 4) is 5.75 Å². The third kappa shape index (κ3) is 5.44. The van der Waals surface area contributed by atoms with Crippen molar-refractivity contribution < 1.29 is 9.13 Å². The van der Waals surface area contributed by atoms with Crippen molar-refractivity contribution in [1.82, 2.24) is 25.1 Å². The molecular weight excluding hydrogens is 467 g/mol. The van der Waals surface area contributed by atoms with Crippen LogP contribution in [0.1, 0.15) is 23.0 Å². The highest BCUT2D eigenvalue weighted by molar-refractivity contribution is 5.85. The molecule has 0 saturated carbocycles. The molecule has 35 heavy (non-hydrogen) atoms. The van der Waals surface area contributed by atoms with E-state index in [2.05, 4.69) is 49.6 Å². The van der Waals surface area contributed by atoms with Crippen LogP contribution in [0.5, 0.6) is 5.75 Å². The molecule has 0 spiro atoms. The average Bonchev–Trinajstić information content (AvgIpc) is 3.34. The lowest BCUT2D eigenvalue weighted by molar-refractivity contribution is 0.198. The predicted molar refractivity (Wildman–Crippen MR) is 136 cm³/mol. The van der Waals surface area contributed by atoms with Gasteiger partial charge in [-0.25, -0.2) is 9.07 Å². The van der Waals surface area contributed by atoms with Gasteiger partial charge in [0.1, 0.15) is 17.6 Å². The van der Waals surface area contributed by atoms with Gasteiger partial charge in [-0.15, -0.1) is 17.5 Å². The molecular formula is C26H28ClFN6O. The van der Waals surface area contributed by atoms with Crippen LogP contribution < -0.4 is 9.64 Å². The van der Waals surface area contributed by atoms with Gasteiger partial charge in [-0.05, 0) is 46.3 Å². The Hall–Kier alpha value is -3.49. The third-order valence-corrected chi connectivity index (χ3v) is 6.30. The number of benzene rings is 3. The number of ether oxygens (including phenoxy) is 1. The maximum atomic E-state index is 15.0. The first-order valence-corrected chi connectivity index (χ1v) is 11.4. The number of hydrogen-bond donors (Lipinski definition) is 0. The van der Waals surface area contributed by atoms with E-state index in [0.29, 0.717) is 17.9 Å². The van der Waals surface area contributed by atoms with E-state index in [1.807, 2.05) is 42.5 Å². The molecule has 3 aromatic carbocycles. The summed E-state index contributed by atoms with van der Waals surface area (Å²) >= 11 is 0. The van der Waals surface area contributed by atoms with Gasteiger partial charge in [-0.1, -0.05) is 48.5 Å². The van der Waals surface area contributed by atoms with Crippen LogP contribution in [0.25, 0.3) is 0 Å². The fourth-order valence-electron chi connectivity index (χ4n) is 4.50. The lowest BCUT2D eigenvalue weighted by Gasteiger charge is -2.40. The molecule has 4 aromatic rings. The standard InChI is InChI=1S/C26H27FN6O.ClH/c1-34-22-13-11-20(12-14-22)19-33-26(28-29-30-33)25(23-9-5-6-10-24(23)27)32-17-15-31(16-18-32)21-7-3-2-4-8-21;/h2-14,25H,15-19H2,1H3;1H. The summed E-state index contributed by atoms with van der Waals surface area (Å²) in [6.45, 7) is 3.71. The van der Waals surface area contributed by atoms with Crippen molar-refractivity contribution in [2.45, 2.75) is 12.6 Å². The minimum Gasteiger partial charge on any atom is -0.497 e. The van der Waals surface area contributed by atoms with Crippen LogP contribution >= 0.6 is 12.4 Å². The number of rotatable bonds is 7. The van der Waals surface area contributed by atoms with Gasteiger partial charge in [0, 0.05) is 37.4 Å². The molecule has 7 nitrogen and oxygen atoms in total. The van der Waals surface area contributed by atoms with E-state index in [1.165, 1.54) is 11.8 Å². The number of tetrazole rings is 1. The van der Waals surface area contributed by atoms with E-state index in [9.17, 15) is 0 Å². The lowest BCUT2D eigenvalue weighted by atomic mass is 10.0. The minimum atomic E-state index is -0.382. The second-order valence-electron chi connectivity index (χ2n) is 8.33. The quantitative estimate of drug-likeness (QED) is 0.384. The highest BCUT2D eigenvalue weighted by atomic mass is 35.5. The van der Waals surface area contributed by atoms with Crippen LogP contribution in [0.3, 0.4) is 0 Å². The van der Waals surface area contributed by atoms with Crippen LogP contribution in [0.2, 0.25) is 0 Å². The first kappa shape index (κ1) is 24.6. The summed E-state index contributed by atoms with van der Waals surface area (Å²) in [6.07, 6.45) is 0. The van der Waals surface area contributed by atoms with Crippen molar-refractivity contribution in [1.29, 1.82) is 0 Å². The van der Waals surface area contributed by atoms with Gasteiger partial charge in [0.05, 0.1) is 13.7 Å². The van der Waals surface area contributed by atoms with Crippen molar-refractivity contribution >= 4 is 18.1 Å². The fraction of sp³-hybridized carbons (Fsp3) is 0.269. The van der Waals surface area contributed by atoms with Gasteiger partial charge in [0.25, 0.3) is 0 Å². The Balaban J connectivity index is 0.00000289. The van der Waals surface area contributed by atoms with E-state index < -0.39 is 0 Å². The van der Waals surface area contributed by atoms with Gasteiger partial charge >= 0.3 is 0 Å². The molecule has 9 heteroatoms. The van der Waals surface area contributed by atoms with Crippen molar-refractivity contribution in [2.24, 2.45) is 0 Å². The Labute approximate surface area is 210 Å². The van der Waals surface area contributed by atoms with Crippen LogP contribution in [-0.4, -0.2) is 58.4 Å². The highest BCUT2D eigenvalue weighted by Gasteiger charge is 2.32. The molecule has 0 amide bonds. The Morgan fingerprint density at radius 2 is 1.57 bits per heavy atom. The molecule has 1 saturated heterocycles. The number of halogens is 2. The topological polar surface area (TPSA) is 59.3 Å². The Bertz CT molecular complexity index is 1210. The Morgan fingerprint density at radius 3 is 2.26 bits per heavy atom. The number of aromatic nitrogens is 4. The second kappa shape index (κ2) is 11.3. The summed E-state index contributed by atoms with van der Waals surface area (Å²) in [7, 11) is 1.64. The summed E-state index contributed by atoms with van der Waals surface area (Å²) in [4.78, 5) is 4.63. The highest BCUT2D eigenvalue weighted by Crippen LogP contribution is 2.31. The number of piperazine rings is 1. The van der Waals surface area contributed by atoms with Crippen molar-refractivity contribution in [2.75, 3.05) is 38.2 Å². The van der Waals surface area contributed by atoms with E-state index >= 15 is 4.39 Å². The summed E-state index contributed by atoms with van der Waals surface area (Å²) in [5.74, 6) is 1.17. The molecule has 0 aliphatic carbocycles. The Kier molecular flexibility index (Phi) is 7.94. The number of hydrogen-bond acceptors (Lipinski definition) is 6. The first-order chi connectivity index (χ1) is 16.7. The molecule has 1 aromatic heterocycles. The monoisotopic (exact) mass is 494 g/mol. The third-order valence-electron chi connectivity index (χ3n) is 6.30. The zero-order valence-electron chi connectivity index (χ0n) is 19.5. The van der Waals surface area contributed by atoms with E-state index in [4.69, 9.17) is 4.74 Å². The van der Waals surface area contributed by atoms with Gasteiger partial charge in [0.2, 0.25) is 0 Å². The molecule has 0 bridgehead atoms. The van der Waals surface area contributed by atoms with Gasteiger partial charge in [0.15, 0.2) is 5.82 Å². The van der Waals surface area contributed by atoms with Crippen molar-refractivity contribution in [3.05, 3.63) is 102 Å². The number of para-hydroxylation sites is 1. The van der Waals surface area contributed by atoms with E-state index in [-0.39, 0.29) is 24.3 Å². The second-order valence-corrected chi connectivity index (χ2v) is 8.33. The molecule has 182 valence electrons. The van der Waals surface area contributed by atoms with E-state index in [0.717, 1.165) is 37.5 Å². The van der Waals surface area contributed by atoms with Gasteiger partial charge in [-0.2, -0.15) is 0 Å². The predicted octanol–water partition coefficient (Wildman–Crippen LogP) is 4.20. The van der Waals surface area contributed by atoms with E-state index in [1.54, 1.807) is 17.9 Å². The number of anilines is 1.